The van der Waals surface area contributed by atoms with Gasteiger partial charge in [-0.3, -0.25) is 14.3 Å². The summed E-state index contributed by atoms with van der Waals surface area (Å²) in [7, 11) is 0. The van der Waals surface area contributed by atoms with E-state index in [0.717, 1.165) is 18.4 Å². The molecule has 6 nitrogen and oxygen atoms in total. The third kappa shape index (κ3) is 2.30. The number of aromatic nitrogens is 2. The molecule has 1 aromatic heterocycles. The number of hydrogen-bond acceptors (Lipinski definition) is 4. The molecule has 2 bridgehead atoms. The van der Waals surface area contributed by atoms with Crippen LogP contribution in [0.15, 0.2) is 34.9 Å². The first-order valence-electron chi connectivity index (χ1n) is 8.54. The quantitative estimate of drug-likeness (QED) is 0.694. The maximum Gasteiger partial charge on any atom is 0.241 e. The molecule has 8 heteroatoms. The van der Waals surface area contributed by atoms with Crippen LogP contribution in [0.2, 0.25) is 5.02 Å². The first kappa shape index (κ1) is 16.5. The van der Waals surface area contributed by atoms with Crippen molar-refractivity contribution in [2.45, 2.75) is 31.6 Å². The predicted molar refractivity (Wildman–Crippen MR) is 97.8 cm³/mol. The van der Waals surface area contributed by atoms with E-state index < -0.39 is 0 Å². The SMILES string of the molecule is O=C1[C@@H]2[C@@H](C(=O)N1c1nn(Cc3ccccc3Cl)cc1Br)[C@H]1CC[C@H]2O1. The summed E-state index contributed by atoms with van der Waals surface area (Å²) in [5.41, 5.74) is 0.915. The van der Waals surface area contributed by atoms with Gasteiger partial charge in [-0.2, -0.15) is 5.10 Å². The van der Waals surface area contributed by atoms with Crippen LogP contribution in [0.1, 0.15) is 18.4 Å². The number of nitrogens with zero attached hydrogens (tertiary/aromatic N) is 3. The minimum absolute atomic E-state index is 0.129. The number of benzene rings is 1. The minimum atomic E-state index is -0.359. The molecule has 0 N–H and O–H groups in total. The number of halogens is 2. The average Bonchev–Trinajstić information content (AvgIpc) is 3.35. The van der Waals surface area contributed by atoms with Crippen LogP contribution in [0.25, 0.3) is 0 Å². The highest BCUT2D eigenvalue weighted by molar-refractivity contribution is 9.10. The van der Waals surface area contributed by atoms with E-state index in [4.69, 9.17) is 16.3 Å². The second-order valence-corrected chi connectivity index (χ2v) is 8.20. The van der Waals surface area contributed by atoms with Gasteiger partial charge in [0.15, 0.2) is 5.82 Å². The lowest BCUT2D eigenvalue weighted by Gasteiger charge is -2.15. The number of rotatable bonds is 3. The van der Waals surface area contributed by atoms with Gasteiger partial charge in [-0.15, -0.1) is 0 Å². The topological polar surface area (TPSA) is 64.4 Å². The third-order valence-corrected chi connectivity index (χ3v) is 6.41. The van der Waals surface area contributed by atoms with Gasteiger partial charge in [0.2, 0.25) is 11.8 Å². The van der Waals surface area contributed by atoms with Gasteiger partial charge in [0.1, 0.15) is 0 Å². The largest absolute Gasteiger partial charge is 0.373 e. The van der Waals surface area contributed by atoms with Gasteiger partial charge in [0.05, 0.1) is 35.1 Å². The lowest BCUT2D eigenvalue weighted by molar-refractivity contribution is -0.124. The Morgan fingerprint density at radius 3 is 2.46 bits per heavy atom. The molecule has 2 aromatic rings. The first-order valence-corrected chi connectivity index (χ1v) is 9.71. The molecule has 0 spiro atoms. The molecule has 3 fully saturated rings. The van der Waals surface area contributed by atoms with Gasteiger partial charge in [-0.1, -0.05) is 29.8 Å². The number of fused-ring (bicyclic) bond motifs is 5. The molecule has 1 aromatic carbocycles. The lowest BCUT2D eigenvalue weighted by atomic mass is 9.81. The van der Waals surface area contributed by atoms with Crippen molar-refractivity contribution in [2.75, 3.05) is 4.90 Å². The summed E-state index contributed by atoms with van der Waals surface area (Å²) in [6.07, 6.45) is 3.20. The Kier molecular flexibility index (Phi) is 3.74. The maximum absolute atomic E-state index is 12.9. The Balaban J connectivity index is 1.46. The number of anilines is 1. The van der Waals surface area contributed by atoms with Crippen molar-refractivity contribution in [3.05, 3.63) is 45.5 Å². The fraction of sp³-hybridized carbons (Fsp3) is 0.389. The van der Waals surface area contributed by atoms with Crippen molar-refractivity contribution in [3.63, 3.8) is 0 Å². The molecule has 4 heterocycles. The summed E-state index contributed by atoms with van der Waals surface area (Å²) in [6.45, 7) is 0.454. The number of hydrogen-bond donors (Lipinski definition) is 0. The lowest BCUT2D eigenvalue weighted by Crippen LogP contribution is -2.34. The van der Waals surface area contributed by atoms with Crippen molar-refractivity contribution in [2.24, 2.45) is 11.8 Å². The summed E-state index contributed by atoms with van der Waals surface area (Å²) in [4.78, 5) is 27.0. The van der Waals surface area contributed by atoms with Crippen LogP contribution in [-0.4, -0.2) is 33.8 Å². The summed E-state index contributed by atoms with van der Waals surface area (Å²) in [5.74, 6) is -0.767. The highest BCUT2D eigenvalue weighted by Crippen LogP contribution is 2.49. The Bertz CT molecular complexity index is 902. The van der Waals surface area contributed by atoms with E-state index in [1.807, 2.05) is 24.3 Å². The summed E-state index contributed by atoms with van der Waals surface area (Å²) in [5, 5.41) is 5.13. The van der Waals surface area contributed by atoms with Gasteiger partial charge in [-0.05, 0) is 40.4 Å². The molecule has 0 aliphatic carbocycles. The number of carbonyl (C=O) groups is 2. The van der Waals surface area contributed by atoms with E-state index in [-0.39, 0.29) is 35.9 Å². The summed E-state index contributed by atoms with van der Waals surface area (Å²) >= 11 is 9.66. The fourth-order valence-electron chi connectivity index (χ4n) is 4.34. The third-order valence-electron chi connectivity index (χ3n) is 5.49. The van der Waals surface area contributed by atoms with Gasteiger partial charge in [0, 0.05) is 11.2 Å². The van der Waals surface area contributed by atoms with Crippen molar-refractivity contribution >= 4 is 45.2 Å². The Hall–Kier alpha value is -1.70. The molecule has 3 aliphatic heterocycles. The molecule has 4 atom stereocenters. The zero-order chi connectivity index (χ0) is 18.0. The second kappa shape index (κ2) is 5.90. The van der Waals surface area contributed by atoms with E-state index in [1.165, 1.54) is 4.90 Å². The van der Waals surface area contributed by atoms with Crippen molar-refractivity contribution in [1.29, 1.82) is 0 Å². The monoisotopic (exact) mass is 435 g/mol. The van der Waals surface area contributed by atoms with Gasteiger partial charge < -0.3 is 4.74 Å². The van der Waals surface area contributed by atoms with Crippen molar-refractivity contribution in [1.82, 2.24) is 9.78 Å². The highest BCUT2D eigenvalue weighted by atomic mass is 79.9. The molecule has 134 valence electrons. The van der Waals surface area contributed by atoms with E-state index in [1.54, 1.807) is 10.9 Å². The van der Waals surface area contributed by atoms with Crippen LogP contribution in [0.3, 0.4) is 0 Å². The molecular weight excluding hydrogens is 422 g/mol. The second-order valence-electron chi connectivity index (χ2n) is 6.94. The molecule has 0 unspecified atom stereocenters. The normalized spacial score (nSPS) is 29.7. The van der Waals surface area contributed by atoms with Gasteiger partial charge >= 0.3 is 0 Å². The van der Waals surface area contributed by atoms with Crippen LogP contribution in [0.4, 0.5) is 5.82 Å². The molecule has 2 amide bonds. The van der Waals surface area contributed by atoms with E-state index in [0.29, 0.717) is 21.9 Å². The van der Waals surface area contributed by atoms with E-state index in [2.05, 4.69) is 21.0 Å². The number of amides is 2. The average molecular weight is 437 g/mol. The molecule has 5 rings (SSSR count). The maximum atomic E-state index is 12.9. The Labute approximate surface area is 163 Å². The summed E-state index contributed by atoms with van der Waals surface area (Å²) < 4.78 is 8.06. The minimum Gasteiger partial charge on any atom is -0.373 e. The smallest absolute Gasteiger partial charge is 0.241 e. The van der Waals surface area contributed by atoms with Crippen LogP contribution in [-0.2, 0) is 20.9 Å². The van der Waals surface area contributed by atoms with Crippen molar-refractivity contribution < 1.29 is 14.3 Å². The predicted octanol–water partition coefficient (Wildman–Crippen LogP) is 3.01. The molecular formula is C18H15BrClN3O3. The Morgan fingerprint density at radius 2 is 1.81 bits per heavy atom. The molecule has 3 saturated heterocycles. The zero-order valence-corrected chi connectivity index (χ0v) is 16.0. The Morgan fingerprint density at radius 1 is 1.15 bits per heavy atom. The number of imide groups is 1. The molecule has 3 aliphatic rings. The van der Waals surface area contributed by atoms with Crippen LogP contribution >= 0.6 is 27.5 Å². The summed E-state index contributed by atoms with van der Waals surface area (Å²) in [6, 6.07) is 7.52. The van der Waals surface area contributed by atoms with Gasteiger partial charge in [-0.25, -0.2) is 4.90 Å². The first-order chi connectivity index (χ1) is 12.5. The highest BCUT2D eigenvalue weighted by Gasteiger charge is 2.63. The standard InChI is InChI=1S/C18H15BrClN3O3/c19-10-8-22(7-9-3-1-2-4-11(9)20)21-16(10)23-17(24)14-12-5-6-13(26-12)15(14)18(23)25/h1-4,8,12-15H,5-7H2/t12-,13-,14+,15+/m1/s1. The van der Waals surface area contributed by atoms with Crippen LogP contribution < -0.4 is 4.90 Å². The van der Waals surface area contributed by atoms with Gasteiger partial charge in [0.25, 0.3) is 0 Å². The van der Waals surface area contributed by atoms with Crippen LogP contribution in [0.5, 0.6) is 0 Å². The van der Waals surface area contributed by atoms with E-state index >= 15 is 0 Å². The zero-order valence-electron chi connectivity index (χ0n) is 13.6. The number of ether oxygens (including phenoxy) is 1. The van der Waals surface area contributed by atoms with Crippen LogP contribution in [0, 0.1) is 11.8 Å². The van der Waals surface area contributed by atoms with E-state index in [9.17, 15) is 9.59 Å². The number of carbonyl (C=O) groups excluding carboxylic acids is 2. The molecule has 26 heavy (non-hydrogen) atoms. The fourth-order valence-corrected chi connectivity index (χ4v) is 5.03. The molecule has 0 saturated carbocycles. The molecule has 0 radical (unpaired) electrons. The van der Waals surface area contributed by atoms with Crippen molar-refractivity contribution in [3.8, 4) is 0 Å².